The lowest BCUT2D eigenvalue weighted by Gasteiger charge is -2.00. The number of rotatable bonds is 3. The molecule has 6 aromatic rings. The smallest absolute Gasteiger partial charge is 0.135 e. The van der Waals surface area contributed by atoms with Crippen molar-refractivity contribution in [1.82, 2.24) is 30.1 Å². The molecule has 6 nitrogen and oxygen atoms in total. The summed E-state index contributed by atoms with van der Waals surface area (Å²) in [7, 11) is 0. The molecule has 7 heteroatoms. The minimum atomic E-state index is 0.796. The van der Waals surface area contributed by atoms with Crippen LogP contribution in [0, 0.1) is 0 Å². The number of H-pyrrole nitrogens is 2. The fourth-order valence-corrected chi connectivity index (χ4v) is 4.30. The Bertz CT molecular complexity index is 1450. The second-order valence-electron chi connectivity index (χ2n) is 6.68. The summed E-state index contributed by atoms with van der Waals surface area (Å²) in [5, 5.41) is 10.8. The molecule has 0 atom stereocenters. The number of pyridine rings is 3. The van der Waals surface area contributed by atoms with Crippen LogP contribution in [0.3, 0.4) is 0 Å². The van der Waals surface area contributed by atoms with E-state index < -0.39 is 0 Å². The van der Waals surface area contributed by atoms with Gasteiger partial charge in [-0.3, -0.25) is 15.1 Å². The summed E-state index contributed by atoms with van der Waals surface area (Å²) in [5.41, 5.74) is 7.35. The van der Waals surface area contributed by atoms with Gasteiger partial charge in [-0.1, -0.05) is 6.07 Å². The van der Waals surface area contributed by atoms with Crippen molar-refractivity contribution >= 4 is 33.3 Å². The maximum atomic E-state index is 4.87. The monoisotopic (exact) mass is 394 g/mol. The molecular weight excluding hydrogens is 380 g/mol. The molecule has 0 spiro atoms. The van der Waals surface area contributed by atoms with E-state index in [1.807, 2.05) is 42.6 Å². The van der Waals surface area contributed by atoms with E-state index in [9.17, 15) is 0 Å². The first-order valence-corrected chi connectivity index (χ1v) is 10.0. The van der Waals surface area contributed by atoms with E-state index in [1.165, 1.54) is 0 Å². The third-order valence-electron chi connectivity index (χ3n) is 4.94. The molecule has 0 aliphatic carbocycles. The molecule has 0 aliphatic heterocycles. The number of fused-ring (bicyclic) bond motifs is 2. The van der Waals surface area contributed by atoms with Crippen LogP contribution >= 0.6 is 11.3 Å². The van der Waals surface area contributed by atoms with Gasteiger partial charge < -0.3 is 4.98 Å². The van der Waals surface area contributed by atoms with E-state index in [0.717, 1.165) is 55.2 Å². The summed E-state index contributed by atoms with van der Waals surface area (Å²) >= 11 is 1.68. The highest BCUT2D eigenvalue weighted by Crippen LogP contribution is 2.34. The highest BCUT2D eigenvalue weighted by molar-refractivity contribution is 7.13. The molecule has 6 rings (SSSR count). The zero-order chi connectivity index (χ0) is 19.2. The Morgan fingerprint density at radius 1 is 0.862 bits per heavy atom. The molecule has 0 bridgehead atoms. The number of nitrogens with one attached hydrogen (secondary N) is 2. The van der Waals surface area contributed by atoms with Crippen molar-refractivity contribution in [2.45, 2.75) is 0 Å². The number of hydrogen-bond acceptors (Lipinski definition) is 5. The van der Waals surface area contributed by atoms with E-state index in [0.29, 0.717) is 0 Å². The topological polar surface area (TPSA) is 83.1 Å². The number of aromatic nitrogens is 6. The van der Waals surface area contributed by atoms with Gasteiger partial charge in [-0.25, -0.2) is 4.98 Å². The van der Waals surface area contributed by atoms with Crippen molar-refractivity contribution in [1.29, 1.82) is 0 Å². The zero-order valence-corrected chi connectivity index (χ0v) is 15.9. The molecule has 6 aromatic heterocycles. The number of nitrogens with zero attached hydrogens (tertiary/aromatic N) is 4. The summed E-state index contributed by atoms with van der Waals surface area (Å²) in [6.07, 6.45) is 5.38. The van der Waals surface area contributed by atoms with Crippen LogP contribution in [0.4, 0.5) is 0 Å². The van der Waals surface area contributed by atoms with Crippen LogP contribution in [0.25, 0.3) is 55.2 Å². The lowest BCUT2D eigenvalue weighted by atomic mass is 10.1. The standard InChI is InChI=1S/C22H14N6S/c1-2-19(29-11-1)20-14-12-18(25-16(14)7-10-24-20)22-21-17(27-28-22)4-3-15(26-21)13-5-8-23-9-6-13/h1-12,25H,(H,27,28). The maximum absolute atomic E-state index is 4.87. The summed E-state index contributed by atoms with van der Waals surface area (Å²) in [4.78, 5) is 18.2. The molecular formula is C22H14N6S. The van der Waals surface area contributed by atoms with Crippen molar-refractivity contribution in [2.24, 2.45) is 0 Å². The minimum Gasteiger partial charge on any atom is -0.353 e. The van der Waals surface area contributed by atoms with Crippen LogP contribution in [0.1, 0.15) is 0 Å². The van der Waals surface area contributed by atoms with Crippen molar-refractivity contribution in [3.05, 3.63) is 72.5 Å². The Kier molecular flexibility index (Phi) is 3.54. The summed E-state index contributed by atoms with van der Waals surface area (Å²) in [5.74, 6) is 0. The Morgan fingerprint density at radius 3 is 2.66 bits per heavy atom. The Hall–Kier alpha value is -3.84. The Morgan fingerprint density at radius 2 is 1.79 bits per heavy atom. The van der Waals surface area contributed by atoms with E-state index >= 15 is 0 Å². The van der Waals surface area contributed by atoms with Crippen molar-refractivity contribution in [3.8, 4) is 33.2 Å². The number of aromatic amines is 2. The molecule has 29 heavy (non-hydrogen) atoms. The summed E-state index contributed by atoms with van der Waals surface area (Å²) < 4.78 is 0. The van der Waals surface area contributed by atoms with Gasteiger partial charge in [0.1, 0.15) is 11.2 Å². The molecule has 6 heterocycles. The molecule has 0 amide bonds. The average molecular weight is 394 g/mol. The molecule has 0 aromatic carbocycles. The first-order chi connectivity index (χ1) is 14.4. The second kappa shape index (κ2) is 6.35. The number of thiophene rings is 1. The fourth-order valence-electron chi connectivity index (χ4n) is 3.56. The van der Waals surface area contributed by atoms with Gasteiger partial charge in [0.05, 0.1) is 27.5 Å². The van der Waals surface area contributed by atoms with E-state index in [4.69, 9.17) is 4.98 Å². The molecule has 0 aliphatic rings. The molecule has 0 unspecified atom stereocenters. The molecule has 2 N–H and O–H groups in total. The van der Waals surface area contributed by atoms with Gasteiger partial charge in [0.25, 0.3) is 0 Å². The third-order valence-corrected chi connectivity index (χ3v) is 5.82. The van der Waals surface area contributed by atoms with Gasteiger partial charge in [-0.2, -0.15) is 5.10 Å². The van der Waals surface area contributed by atoms with Gasteiger partial charge >= 0.3 is 0 Å². The van der Waals surface area contributed by atoms with Gasteiger partial charge in [-0.15, -0.1) is 11.3 Å². The lowest BCUT2D eigenvalue weighted by Crippen LogP contribution is -1.86. The highest BCUT2D eigenvalue weighted by atomic mass is 32.1. The van der Waals surface area contributed by atoms with Crippen LogP contribution in [0.5, 0.6) is 0 Å². The molecule has 0 saturated heterocycles. The van der Waals surface area contributed by atoms with Crippen molar-refractivity contribution < 1.29 is 0 Å². The summed E-state index contributed by atoms with van der Waals surface area (Å²) in [6.45, 7) is 0. The van der Waals surface area contributed by atoms with Crippen molar-refractivity contribution in [2.75, 3.05) is 0 Å². The predicted octanol–water partition coefficient (Wildman–Crippen LogP) is 5.29. The van der Waals surface area contributed by atoms with Crippen LogP contribution < -0.4 is 0 Å². The van der Waals surface area contributed by atoms with Crippen LogP contribution in [-0.2, 0) is 0 Å². The van der Waals surface area contributed by atoms with Crippen LogP contribution in [-0.4, -0.2) is 30.1 Å². The van der Waals surface area contributed by atoms with Crippen molar-refractivity contribution in [3.63, 3.8) is 0 Å². The minimum absolute atomic E-state index is 0.796. The first kappa shape index (κ1) is 16.1. The quantitative estimate of drug-likeness (QED) is 0.427. The number of hydrogen-bond donors (Lipinski definition) is 2. The highest BCUT2D eigenvalue weighted by Gasteiger charge is 2.16. The second-order valence-corrected chi connectivity index (χ2v) is 7.63. The largest absolute Gasteiger partial charge is 0.353 e. The predicted molar refractivity (Wildman–Crippen MR) is 116 cm³/mol. The zero-order valence-electron chi connectivity index (χ0n) is 15.1. The molecule has 138 valence electrons. The fraction of sp³-hybridized carbons (Fsp3) is 0. The SMILES string of the molecule is c1csc(-c2nccc3[nH]c(-c4n[nH]c5ccc(-c6ccncc6)nc45)cc23)c1. The molecule has 0 fully saturated rings. The van der Waals surface area contributed by atoms with Gasteiger partial charge in [0, 0.05) is 35.1 Å². The normalized spacial score (nSPS) is 11.4. The molecule has 0 saturated carbocycles. The van der Waals surface area contributed by atoms with Gasteiger partial charge in [0.15, 0.2) is 0 Å². The van der Waals surface area contributed by atoms with Gasteiger partial charge in [-0.05, 0) is 47.8 Å². The van der Waals surface area contributed by atoms with Crippen LogP contribution in [0.15, 0.2) is 72.5 Å². The lowest BCUT2D eigenvalue weighted by molar-refractivity contribution is 1.12. The van der Waals surface area contributed by atoms with Gasteiger partial charge in [0.2, 0.25) is 0 Å². The van der Waals surface area contributed by atoms with E-state index in [2.05, 4.69) is 42.7 Å². The average Bonchev–Trinajstić information content (AvgIpc) is 3.52. The van der Waals surface area contributed by atoms with Crippen LogP contribution in [0.2, 0.25) is 0 Å². The maximum Gasteiger partial charge on any atom is 0.135 e. The van der Waals surface area contributed by atoms with E-state index in [1.54, 1.807) is 23.7 Å². The first-order valence-electron chi connectivity index (χ1n) is 9.14. The molecule has 0 radical (unpaired) electrons. The Balaban J connectivity index is 1.53. The van der Waals surface area contributed by atoms with E-state index in [-0.39, 0.29) is 0 Å². The summed E-state index contributed by atoms with van der Waals surface area (Å²) in [6, 6.07) is 16.1. The Labute approximate surface area is 169 Å². The third kappa shape index (κ3) is 2.63.